The van der Waals surface area contributed by atoms with Gasteiger partial charge < -0.3 is 10.1 Å². The highest BCUT2D eigenvalue weighted by atomic mass is 32.2. The first kappa shape index (κ1) is 18.6. The standard InChI is InChI=1S/C16H20N4O5S/c1-25-11-16(7-3-9-18-16)10-19-26(23,24)14-6-5-13(20(21)22)12-4-2-8-17-15(12)14/h2,4-6,8,18-19H,3,7,9-11H2,1H3. The monoisotopic (exact) mass is 380 g/mol. The van der Waals surface area contributed by atoms with Crippen molar-refractivity contribution in [3.63, 3.8) is 0 Å². The number of nitro groups is 1. The van der Waals surface area contributed by atoms with Gasteiger partial charge in [-0.15, -0.1) is 0 Å². The molecule has 2 N–H and O–H groups in total. The second kappa shape index (κ2) is 7.23. The summed E-state index contributed by atoms with van der Waals surface area (Å²) in [5.41, 5.74) is -0.555. The molecule has 1 aliphatic rings. The highest BCUT2D eigenvalue weighted by Crippen LogP contribution is 2.29. The Morgan fingerprint density at radius 2 is 2.23 bits per heavy atom. The van der Waals surface area contributed by atoms with Crippen LogP contribution in [0.25, 0.3) is 10.9 Å². The lowest BCUT2D eigenvalue weighted by molar-refractivity contribution is -0.383. The molecule has 2 heterocycles. The molecule has 26 heavy (non-hydrogen) atoms. The number of nitrogens with one attached hydrogen (secondary N) is 2. The summed E-state index contributed by atoms with van der Waals surface area (Å²) in [5.74, 6) is 0. The number of rotatable bonds is 7. The predicted molar refractivity (Wildman–Crippen MR) is 95.4 cm³/mol. The summed E-state index contributed by atoms with van der Waals surface area (Å²) in [6.07, 6.45) is 3.14. The molecular weight excluding hydrogens is 360 g/mol. The van der Waals surface area contributed by atoms with Crippen LogP contribution >= 0.6 is 0 Å². The van der Waals surface area contributed by atoms with Gasteiger partial charge >= 0.3 is 0 Å². The number of non-ortho nitro benzene ring substituents is 1. The number of nitrogens with zero attached hydrogens (tertiary/aromatic N) is 2. The summed E-state index contributed by atoms with van der Waals surface area (Å²) < 4.78 is 33.5. The molecule has 1 aromatic heterocycles. The van der Waals surface area contributed by atoms with Gasteiger partial charge in [0.05, 0.1) is 28.0 Å². The molecule has 1 unspecified atom stereocenters. The normalized spacial score (nSPS) is 20.5. The number of hydrogen-bond donors (Lipinski definition) is 2. The summed E-state index contributed by atoms with van der Waals surface area (Å²) in [6.45, 7) is 1.34. The van der Waals surface area contributed by atoms with E-state index in [1.54, 1.807) is 7.11 Å². The third-order valence-electron chi connectivity index (χ3n) is 4.55. The number of methoxy groups -OCH3 is 1. The van der Waals surface area contributed by atoms with Crippen molar-refractivity contribution in [2.45, 2.75) is 23.3 Å². The fourth-order valence-electron chi connectivity index (χ4n) is 3.29. The Balaban J connectivity index is 1.95. The van der Waals surface area contributed by atoms with Gasteiger partial charge in [-0.25, -0.2) is 13.1 Å². The molecule has 9 nitrogen and oxygen atoms in total. The Labute approximate surface area is 151 Å². The van der Waals surface area contributed by atoms with Gasteiger partial charge in [0.15, 0.2) is 0 Å². The van der Waals surface area contributed by atoms with Crippen LogP contribution in [0.5, 0.6) is 0 Å². The topological polar surface area (TPSA) is 123 Å². The van der Waals surface area contributed by atoms with Crippen LogP contribution in [0.3, 0.4) is 0 Å². The number of nitro benzene ring substituents is 1. The van der Waals surface area contributed by atoms with Crippen LogP contribution < -0.4 is 10.0 Å². The zero-order chi connectivity index (χ0) is 18.8. The van der Waals surface area contributed by atoms with Gasteiger partial charge in [-0.1, -0.05) is 0 Å². The summed E-state index contributed by atoms with van der Waals surface area (Å²) in [5, 5.41) is 14.7. The van der Waals surface area contributed by atoms with Gasteiger partial charge in [0.1, 0.15) is 4.90 Å². The molecule has 140 valence electrons. The molecular formula is C16H20N4O5S. The van der Waals surface area contributed by atoms with Crippen molar-refractivity contribution in [2.75, 3.05) is 26.8 Å². The number of sulfonamides is 1. The van der Waals surface area contributed by atoms with Gasteiger partial charge in [-0.2, -0.15) is 0 Å². The predicted octanol–water partition coefficient (Wildman–Crippen LogP) is 1.19. The lowest BCUT2D eigenvalue weighted by atomic mass is 9.99. The smallest absolute Gasteiger partial charge is 0.278 e. The van der Waals surface area contributed by atoms with Crippen LogP contribution in [0.15, 0.2) is 35.4 Å². The molecule has 0 amide bonds. The Hall–Kier alpha value is -2.14. The van der Waals surface area contributed by atoms with E-state index in [1.165, 1.54) is 30.5 Å². The quantitative estimate of drug-likeness (QED) is 0.546. The van der Waals surface area contributed by atoms with Crippen LogP contribution in [0, 0.1) is 10.1 Å². The Morgan fingerprint density at radius 1 is 1.42 bits per heavy atom. The molecule has 1 saturated heterocycles. The van der Waals surface area contributed by atoms with Crippen LogP contribution in [-0.4, -0.2) is 50.7 Å². The van der Waals surface area contributed by atoms with Crippen molar-refractivity contribution in [3.05, 3.63) is 40.6 Å². The van der Waals surface area contributed by atoms with Gasteiger partial charge in [-0.3, -0.25) is 15.1 Å². The van der Waals surface area contributed by atoms with Crippen LogP contribution in [0.4, 0.5) is 5.69 Å². The van der Waals surface area contributed by atoms with E-state index in [9.17, 15) is 18.5 Å². The molecule has 3 rings (SSSR count). The van der Waals surface area contributed by atoms with E-state index in [1.807, 2.05) is 0 Å². The van der Waals surface area contributed by atoms with E-state index in [2.05, 4.69) is 15.0 Å². The van der Waals surface area contributed by atoms with Crippen molar-refractivity contribution >= 4 is 26.6 Å². The zero-order valence-corrected chi connectivity index (χ0v) is 15.1. The SMILES string of the molecule is COCC1(CNS(=O)(=O)c2ccc([N+](=O)[O-])c3cccnc23)CCCN1. The van der Waals surface area contributed by atoms with E-state index in [4.69, 9.17) is 4.74 Å². The molecule has 1 aromatic carbocycles. The first-order valence-electron chi connectivity index (χ1n) is 8.14. The van der Waals surface area contributed by atoms with Crippen molar-refractivity contribution in [2.24, 2.45) is 0 Å². The summed E-state index contributed by atoms with van der Waals surface area (Å²) in [4.78, 5) is 14.6. The van der Waals surface area contributed by atoms with Crippen molar-refractivity contribution in [1.82, 2.24) is 15.0 Å². The molecule has 0 spiro atoms. The molecule has 0 saturated carbocycles. The molecule has 0 aliphatic carbocycles. The van der Waals surface area contributed by atoms with Crippen LogP contribution in [0.2, 0.25) is 0 Å². The number of aromatic nitrogens is 1. The second-order valence-corrected chi connectivity index (χ2v) is 8.04. The van der Waals surface area contributed by atoms with Gasteiger partial charge in [0.2, 0.25) is 10.0 Å². The first-order chi connectivity index (χ1) is 12.4. The molecule has 0 bridgehead atoms. The van der Waals surface area contributed by atoms with Crippen molar-refractivity contribution in [3.8, 4) is 0 Å². The zero-order valence-electron chi connectivity index (χ0n) is 14.3. The largest absolute Gasteiger partial charge is 0.383 e. The number of ether oxygens (including phenoxy) is 1. The van der Waals surface area contributed by atoms with E-state index in [-0.39, 0.29) is 28.0 Å². The minimum atomic E-state index is -3.90. The number of benzene rings is 1. The summed E-state index contributed by atoms with van der Waals surface area (Å²) in [7, 11) is -2.33. The molecule has 1 fully saturated rings. The van der Waals surface area contributed by atoms with Gasteiger partial charge in [-0.05, 0) is 37.6 Å². The maximum atomic E-state index is 12.8. The van der Waals surface area contributed by atoms with Crippen LogP contribution in [0.1, 0.15) is 12.8 Å². The summed E-state index contributed by atoms with van der Waals surface area (Å²) >= 11 is 0. The first-order valence-corrected chi connectivity index (χ1v) is 9.63. The van der Waals surface area contributed by atoms with Crippen molar-refractivity contribution < 1.29 is 18.1 Å². The Bertz CT molecular complexity index is 925. The third kappa shape index (κ3) is 3.54. The fraction of sp³-hybridized carbons (Fsp3) is 0.438. The Kier molecular flexibility index (Phi) is 5.19. The van der Waals surface area contributed by atoms with E-state index >= 15 is 0 Å². The van der Waals surface area contributed by atoms with E-state index in [0.717, 1.165) is 19.4 Å². The maximum absolute atomic E-state index is 12.8. The third-order valence-corrected chi connectivity index (χ3v) is 5.98. The molecule has 10 heteroatoms. The fourth-order valence-corrected chi connectivity index (χ4v) is 4.57. The molecule has 1 aliphatic heterocycles. The van der Waals surface area contributed by atoms with Crippen LogP contribution in [-0.2, 0) is 14.8 Å². The lowest BCUT2D eigenvalue weighted by Crippen LogP contribution is -2.52. The number of pyridine rings is 1. The average molecular weight is 380 g/mol. The molecule has 2 aromatic rings. The van der Waals surface area contributed by atoms with E-state index in [0.29, 0.717) is 6.61 Å². The second-order valence-electron chi connectivity index (χ2n) is 6.31. The van der Waals surface area contributed by atoms with Gasteiger partial charge in [0.25, 0.3) is 5.69 Å². The minimum Gasteiger partial charge on any atom is -0.383 e. The minimum absolute atomic E-state index is 0.0781. The van der Waals surface area contributed by atoms with Gasteiger partial charge in [0, 0.05) is 25.9 Å². The average Bonchev–Trinajstić information content (AvgIpc) is 3.08. The maximum Gasteiger partial charge on any atom is 0.278 e. The Morgan fingerprint density at radius 3 is 2.88 bits per heavy atom. The number of hydrogen-bond acceptors (Lipinski definition) is 7. The van der Waals surface area contributed by atoms with Crippen molar-refractivity contribution in [1.29, 1.82) is 0 Å². The molecule has 0 radical (unpaired) electrons. The lowest BCUT2D eigenvalue weighted by Gasteiger charge is -2.28. The molecule has 1 atom stereocenters. The highest BCUT2D eigenvalue weighted by Gasteiger charge is 2.35. The highest BCUT2D eigenvalue weighted by molar-refractivity contribution is 7.89. The summed E-state index contributed by atoms with van der Waals surface area (Å²) in [6, 6.07) is 5.44. The number of fused-ring (bicyclic) bond motifs is 1. The van der Waals surface area contributed by atoms with E-state index < -0.39 is 20.5 Å².